The van der Waals surface area contributed by atoms with Gasteiger partial charge < -0.3 is 19.7 Å². The molecule has 0 spiro atoms. The summed E-state index contributed by atoms with van der Waals surface area (Å²) in [7, 11) is 1.68. The molecule has 1 heterocycles. The van der Waals surface area contributed by atoms with E-state index in [-0.39, 0.29) is 11.9 Å². The predicted molar refractivity (Wildman–Crippen MR) is 96.6 cm³/mol. The fourth-order valence-corrected chi connectivity index (χ4v) is 2.86. The van der Waals surface area contributed by atoms with Crippen LogP contribution in [0.3, 0.4) is 0 Å². The Kier molecular flexibility index (Phi) is 7.37. The topological polar surface area (TPSA) is 50.8 Å². The summed E-state index contributed by atoms with van der Waals surface area (Å²) in [5.74, 6) is 1.48. The van der Waals surface area contributed by atoms with Crippen molar-refractivity contribution in [1.82, 2.24) is 5.32 Å². The van der Waals surface area contributed by atoms with E-state index in [1.54, 1.807) is 7.11 Å². The average molecular weight is 334 g/mol. The van der Waals surface area contributed by atoms with Gasteiger partial charge in [0.1, 0.15) is 5.75 Å². The van der Waals surface area contributed by atoms with Crippen molar-refractivity contribution in [3.8, 4) is 5.75 Å². The molecule has 1 fully saturated rings. The van der Waals surface area contributed by atoms with Gasteiger partial charge in [0.05, 0.1) is 13.7 Å². The van der Waals surface area contributed by atoms with E-state index in [9.17, 15) is 4.79 Å². The average Bonchev–Trinajstić information content (AvgIpc) is 2.59. The van der Waals surface area contributed by atoms with Gasteiger partial charge in [0.15, 0.2) is 0 Å². The molecule has 5 heteroatoms. The van der Waals surface area contributed by atoms with Crippen molar-refractivity contribution in [3.05, 3.63) is 24.3 Å². The molecule has 134 valence electrons. The number of anilines is 1. The van der Waals surface area contributed by atoms with E-state index >= 15 is 0 Å². The van der Waals surface area contributed by atoms with Crippen molar-refractivity contribution >= 4 is 11.6 Å². The van der Waals surface area contributed by atoms with Crippen molar-refractivity contribution in [2.75, 3.05) is 38.3 Å². The number of benzene rings is 1. The molecule has 1 aliphatic rings. The Hall–Kier alpha value is -1.75. The number of amides is 1. The van der Waals surface area contributed by atoms with Crippen LogP contribution in [-0.4, -0.2) is 45.4 Å². The number of carbonyl (C=O) groups is 1. The standard InChI is InChI=1S/C19H30N2O3/c1-15(2)14-24-13-10-19(22)20-16-8-11-21(12-9-16)17-4-6-18(23-3)7-5-17/h4-7,15-16H,8-14H2,1-3H3,(H,20,22). The summed E-state index contributed by atoms with van der Waals surface area (Å²) in [6.45, 7) is 7.36. The zero-order valence-electron chi connectivity index (χ0n) is 15.1. The number of ether oxygens (including phenoxy) is 2. The first kappa shape index (κ1) is 18.6. The lowest BCUT2D eigenvalue weighted by atomic mass is 10.0. The van der Waals surface area contributed by atoms with Crippen LogP contribution in [0.5, 0.6) is 5.75 Å². The van der Waals surface area contributed by atoms with E-state index in [0.29, 0.717) is 25.6 Å². The second-order valence-electron chi connectivity index (χ2n) is 6.75. The molecule has 1 aromatic rings. The molecule has 0 atom stereocenters. The van der Waals surface area contributed by atoms with E-state index in [1.807, 2.05) is 12.1 Å². The Morgan fingerprint density at radius 3 is 2.50 bits per heavy atom. The largest absolute Gasteiger partial charge is 0.497 e. The molecule has 1 aromatic carbocycles. The Morgan fingerprint density at radius 1 is 1.25 bits per heavy atom. The minimum Gasteiger partial charge on any atom is -0.497 e. The molecule has 5 nitrogen and oxygen atoms in total. The van der Waals surface area contributed by atoms with Crippen LogP contribution in [0, 0.1) is 5.92 Å². The summed E-state index contributed by atoms with van der Waals surface area (Å²) in [6, 6.07) is 8.42. The Bertz CT molecular complexity index is 494. The number of nitrogens with one attached hydrogen (secondary N) is 1. The minimum absolute atomic E-state index is 0.0988. The monoisotopic (exact) mass is 334 g/mol. The van der Waals surface area contributed by atoms with Crippen LogP contribution >= 0.6 is 0 Å². The zero-order chi connectivity index (χ0) is 17.4. The third kappa shape index (κ3) is 6.04. The molecule has 0 radical (unpaired) electrons. The number of carbonyl (C=O) groups excluding carboxylic acids is 1. The SMILES string of the molecule is COc1ccc(N2CCC(NC(=O)CCOCC(C)C)CC2)cc1. The Labute approximate surface area is 145 Å². The highest BCUT2D eigenvalue weighted by atomic mass is 16.5. The van der Waals surface area contributed by atoms with Crippen molar-refractivity contribution in [2.24, 2.45) is 5.92 Å². The van der Waals surface area contributed by atoms with Gasteiger partial charge in [-0.05, 0) is 43.0 Å². The van der Waals surface area contributed by atoms with Crippen LogP contribution in [0.15, 0.2) is 24.3 Å². The third-order valence-electron chi connectivity index (χ3n) is 4.22. The number of rotatable bonds is 8. The summed E-state index contributed by atoms with van der Waals surface area (Å²) in [5.41, 5.74) is 1.21. The van der Waals surface area contributed by atoms with Crippen molar-refractivity contribution < 1.29 is 14.3 Å². The molecule has 0 bridgehead atoms. The lowest BCUT2D eigenvalue weighted by Gasteiger charge is -2.34. The smallest absolute Gasteiger partial charge is 0.222 e. The van der Waals surface area contributed by atoms with E-state index in [1.165, 1.54) is 5.69 Å². The first-order valence-electron chi connectivity index (χ1n) is 8.84. The molecule has 1 aliphatic heterocycles. The molecule has 0 saturated carbocycles. The molecular weight excluding hydrogens is 304 g/mol. The maximum Gasteiger partial charge on any atom is 0.222 e. The Balaban J connectivity index is 1.67. The van der Waals surface area contributed by atoms with Crippen LogP contribution in [0.1, 0.15) is 33.1 Å². The number of hydrogen-bond acceptors (Lipinski definition) is 4. The second-order valence-corrected chi connectivity index (χ2v) is 6.75. The molecule has 1 amide bonds. The van der Waals surface area contributed by atoms with Gasteiger partial charge in [0, 0.05) is 37.8 Å². The number of methoxy groups -OCH3 is 1. The van der Waals surface area contributed by atoms with Gasteiger partial charge in [-0.3, -0.25) is 4.79 Å². The molecule has 24 heavy (non-hydrogen) atoms. The third-order valence-corrected chi connectivity index (χ3v) is 4.22. The maximum atomic E-state index is 12.0. The molecule has 1 saturated heterocycles. The minimum atomic E-state index is 0.0988. The highest BCUT2D eigenvalue weighted by molar-refractivity contribution is 5.76. The number of piperidine rings is 1. The molecular formula is C19H30N2O3. The van der Waals surface area contributed by atoms with E-state index < -0.39 is 0 Å². The van der Waals surface area contributed by atoms with Crippen molar-refractivity contribution in [2.45, 2.75) is 39.2 Å². The maximum absolute atomic E-state index is 12.0. The van der Waals surface area contributed by atoms with Crippen LogP contribution < -0.4 is 15.0 Å². The van der Waals surface area contributed by atoms with Gasteiger partial charge >= 0.3 is 0 Å². The first-order chi connectivity index (χ1) is 11.6. The van der Waals surface area contributed by atoms with Crippen LogP contribution in [0.2, 0.25) is 0 Å². The number of hydrogen-bond donors (Lipinski definition) is 1. The van der Waals surface area contributed by atoms with E-state index in [2.05, 4.69) is 36.2 Å². The van der Waals surface area contributed by atoms with E-state index in [0.717, 1.165) is 31.7 Å². The van der Waals surface area contributed by atoms with Crippen molar-refractivity contribution in [1.29, 1.82) is 0 Å². The van der Waals surface area contributed by atoms with Crippen LogP contribution in [-0.2, 0) is 9.53 Å². The van der Waals surface area contributed by atoms with Gasteiger partial charge in [-0.1, -0.05) is 13.8 Å². The first-order valence-corrected chi connectivity index (χ1v) is 8.84. The summed E-state index contributed by atoms with van der Waals surface area (Å²) >= 11 is 0. The molecule has 0 aliphatic carbocycles. The quantitative estimate of drug-likeness (QED) is 0.743. The fraction of sp³-hybridized carbons (Fsp3) is 0.632. The number of nitrogens with zero attached hydrogens (tertiary/aromatic N) is 1. The normalized spacial score (nSPS) is 15.6. The summed E-state index contributed by atoms with van der Waals surface area (Å²) < 4.78 is 10.7. The Morgan fingerprint density at radius 2 is 1.92 bits per heavy atom. The summed E-state index contributed by atoms with van der Waals surface area (Å²) in [6.07, 6.45) is 2.40. The highest BCUT2D eigenvalue weighted by Gasteiger charge is 2.20. The lowest BCUT2D eigenvalue weighted by molar-refractivity contribution is -0.123. The molecule has 1 N–H and O–H groups in total. The highest BCUT2D eigenvalue weighted by Crippen LogP contribution is 2.22. The van der Waals surface area contributed by atoms with Crippen molar-refractivity contribution in [3.63, 3.8) is 0 Å². The lowest BCUT2D eigenvalue weighted by Crippen LogP contribution is -2.44. The summed E-state index contributed by atoms with van der Waals surface area (Å²) in [5, 5.41) is 3.13. The zero-order valence-corrected chi connectivity index (χ0v) is 15.1. The van der Waals surface area contributed by atoms with Gasteiger partial charge in [-0.15, -0.1) is 0 Å². The van der Waals surface area contributed by atoms with E-state index in [4.69, 9.17) is 9.47 Å². The molecule has 0 unspecified atom stereocenters. The molecule has 0 aromatic heterocycles. The predicted octanol–water partition coefficient (Wildman–Crippen LogP) is 2.84. The second kappa shape index (κ2) is 9.52. The molecule has 2 rings (SSSR count). The summed E-state index contributed by atoms with van der Waals surface area (Å²) in [4.78, 5) is 14.3. The van der Waals surface area contributed by atoms with Gasteiger partial charge in [0.2, 0.25) is 5.91 Å². The van der Waals surface area contributed by atoms with Crippen LogP contribution in [0.25, 0.3) is 0 Å². The van der Waals surface area contributed by atoms with Gasteiger partial charge in [-0.25, -0.2) is 0 Å². The fourth-order valence-electron chi connectivity index (χ4n) is 2.86. The van der Waals surface area contributed by atoms with Gasteiger partial charge in [0.25, 0.3) is 0 Å². The van der Waals surface area contributed by atoms with Crippen LogP contribution in [0.4, 0.5) is 5.69 Å². The van der Waals surface area contributed by atoms with Gasteiger partial charge in [-0.2, -0.15) is 0 Å².